The van der Waals surface area contributed by atoms with Crippen LogP contribution in [0.15, 0.2) is 0 Å². The normalized spacial score (nSPS) is 19.1. The molecule has 0 spiro atoms. The summed E-state index contributed by atoms with van der Waals surface area (Å²) in [6, 6.07) is 0. The van der Waals surface area contributed by atoms with Gasteiger partial charge >= 0.3 is 0 Å². The van der Waals surface area contributed by atoms with Crippen molar-refractivity contribution in [3.63, 3.8) is 0 Å². The molecule has 0 N–H and O–H groups in total. The number of hydrogen-bond donors (Lipinski definition) is 0. The fourth-order valence-corrected chi connectivity index (χ4v) is 2.32. The molecule has 3 heteroatoms. The molecule has 1 aliphatic rings. The van der Waals surface area contributed by atoms with Crippen LogP contribution >= 0.6 is 15.9 Å². The van der Waals surface area contributed by atoms with Crippen LogP contribution in [0, 0.1) is 5.92 Å². The van der Waals surface area contributed by atoms with Gasteiger partial charge in [0.2, 0.25) is 5.91 Å². The summed E-state index contributed by atoms with van der Waals surface area (Å²) in [7, 11) is 1.92. The first-order chi connectivity index (χ1) is 7.09. The third-order valence-electron chi connectivity index (χ3n) is 3.23. The molecule has 0 aliphatic heterocycles. The maximum absolute atomic E-state index is 11.8. The minimum absolute atomic E-state index is 0.329. The summed E-state index contributed by atoms with van der Waals surface area (Å²) in [6.07, 6.45) is 6.96. The van der Waals surface area contributed by atoms with Gasteiger partial charge in [-0.2, -0.15) is 0 Å². The first-order valence-electron chi connectivity index (χ1n) is 5.97. The summed E-state index contributed by atoms with van der Waals surface area (Å²) < 4.78 is 0. The molecular formula is C12H22BrNO. The number of carbonyl (C=O) groups excluding carboxylic acids is 1. The smallest absolute Gasteiger partial charge is 0.222 e. The van der Waals surface area contributed by atoms with E-state index in [0.29, 0.717) is 16.7 Å². The molecule has 0 bridgehead atoms. The van der Waals surface area contributed by atoms with Crippen LogP contribution in [0.2, 0.25) is 0 Å². The number of halogens is 1. The zero-order chi connectivity index (χ0) is 11.3. The Kier molecular flexibility index (Phi) is 5.65. The molecule has 2 nitrogen and oxygen atoms in total. The summed E-state index contributed by atoms with van der Waals surface area (Å²) >= 11 is 3.50. The Labute approximate surface area is 102 Å². The average Bonchev–Trinajstić information content (AvgIpc) is 2.66. The third-order valence-corrected chi connectivity index (χ3v) is 3.68. The van der Waals surface area contributed by atoms with Crippen molar-refractivity contribution in [2.75, 3.05) is 13.6 Å². The molecule has 0 heterocycles. The quantitative estimate of drug-likeness (QED) is 0.706. The number of alkyl halides is 1. The van der Waals surface area contributed by atoms with Crippen molar-refractivity contribution < 1.29 is 4.79 Å². The highest BCUT2D eigenvalue weighted by atomic mass is 79.9. The first-order valence-corrected chi connectivity index (χ1v) is 6.89. The van der Waals surface area contributed by atoms with Crippen LogP contribution in [-0.4, -0.2) is 29.2 Å². The van der Waals surface area contributed by atoms with E-state index < -0.39 is 0 Å². The van der Waals surface area contributed by atoms with Crippen LogP contribution in [-0.2, 0) is 4.79 Å². The van der Waals surface area contributed by atoms with Crippen LogP contribution in [0.25, 0.3) is 0 Å². The summed E-state index contributed by atoms with van der Waals surface area (Å²) in [4.78, 5) is 14.2. The molecule has 1 atom stereocenters. The van der Waals surface area contributed by atoms with E-state index in [1.807, 2.05) is 11.9 Å². The molecule has 1 rings (SSSR count). The van der Waals surface area contributed by atoms with Crippen LogP contribution in [0.4, 0.5) is 0 Å². The summed E-state index contributed by atoms with van der Waals surface area (Å²) in [6.45, 7) is 2.99. The molecule has 0 saturated heterocycles. The summed E-state index contributed by atoms with van der Waals surface area (Å²) in [5, 5.41) is 0. The van der Waals surface area contributed by atoms with Gasteiger partial charge in [0.1, 0.15) is 0 Å². The predicted octanol–water partition coefficient (Wildman–Crippen LogP) is 3.20. The van der Waals surface area contributed by atoms with E-state index in [-0.39, 0.29) is 0 Å². The first kappa shape index (κ1) is 13.0. The monoisotopic (exact) mass is 275 g/mol. The van der Waals surface area contributed by atoms with Gasteiger partial charge in [0.25, 0.3) is 0 Å². The Balaban J connectivity index is 2.20. The van der Waals surface area contributed by atoms with Crippen molar-refractivity contribution in [1.82, 2.24) is 4.90 Å². The van der Waals surface area contributed by atoms with Crippen molar-refractivity contribution in [3.8, 4) is 0 Å². The van der Waals surface area contributed by atoms with Crippen molar-refractivity contribution in [2.24, 2.45) is 5.92 Å². The highest BCUT2D eigenvalue weighted by Crippen LogP contribution is 2.27. The van der Waals surface area contributed by atoms with E-state index >= 15 is 0 Å². The molecule has 0 radical (unpaired) electrons. The van der Waals surface area contributed by atoms with Gasteiger partial charge in [-0.25, -0.2) is 0 Å². The van der Waals surface area contributed by atoms with Gasteiger partial charge in [0.05, 0.1) is 0 Å². The Hall–Kier alpha value is -0.0500. The Morgan fingerprint density at radius 1 is 1.47 bits per heavy atom. The highest BCUT2D eigenvalue weighted by molar-refractivity contribution is 9.09. The largest absolute Gasteiger partial charge is 0.346 e. The molecular weight excluding hydrogens is 254 g/mol. The minimum Gasteiger partial charge on any atom is -0.346 e. The van der Waals surface area contributed by atoms with Gasteiger partial charge in [-0.15, -0.1) is 0 Å². The second-order valence-corrected chi connectivity index (χ2v) is 6.30. The molecule has 0 aromatic heterocycles. The summed E-state index contributed by atoms with van der Waals surface area (Å²) in [5.41, 5.74) is 0. The Morgan fingerprint density at radius 3 is 2.60 bits per heavy atom. The van der Waals surface area contributed by atoms with Crippen molar-refractivity contribution in [1.29, 1.82) is 0 Å². The molecule has 1 unspecified atom stereocenters. The lowest BCUT2D eigenvalue weighted by Gasteiger charge is -2.19. The van der Waals surface area contributed by atoms with Crippen molar-refractivity contribution in [3.05, 3.63) is 0 Å². The van der Waals surface area contributed by atoms with Gasteiger partial charge in [-0.3, -0.25) is 4.79 Å². The van der Waals surface area contributed by atoms with Crippen molar-refractivity contribution >= 4 is 21.8 Å². The Bertz CT molecular complexity index is 200. The van der Waals surface area contributed by atoms with Crippen LogP contribution in [0.1, 0.15) is 45.4 Å². The molecule has 1 saturated carbocycles. The zero-order valence-corrected chi connectivity index (χ0v) is 11.4. The summed E-state index contributed by atoms with van der Waals surface area (Å²) in [5.74, 6) is 0.997. The second-order valence-electron chi connectivity index (χ2n) is 4.74. The zero-order valence-electron chi connectivity index (χ0n) is 9.84. The molecule has 0 aromatic rings. The predicted molar refractivity (Wildman–Crippen MR) is 67.2 cm³/mol. The second kappa shape index (κ2) is 6.51. The lowest BCUT2D eigenvalue weighted by molar-refractivity contribution is -0.130. The number of hydrogen-bond acceptors (Lipinski definition) is 1. The molecule has 15 heavy (non-hydrogen) atoms. The molecule has 1 aliphatic carbocycles. The van der Waals surface area contributed by atoms with Gasteiger partial charge < -0.3 is 4.90 Å². The number of carbonyl (C=O) groups is 1. The maximum atomic E-state index is 11.8. The highest BCUT2D eigenvalue weighted by Gasteiger charge is 2.20. The van der Waals surface area contributed by atoms with Crippen molar-refractivity contribution in [2.45, 2.75) is 50.3 Å². The van der Waals surface area contributed by atoms with Gasteiger partial charge in [-0.05, 0) is 25.2 Å². The third kappa shape index (κ3) is 5.01. The van der Waals surface area contributed by atoms with E-state index in [1.54, 1.807) is 0 Å². The van der Waals surface area contributed by atoms with Gasteiger partial charge in [0, 0.05) is 24.8 Å². The lowest BCUT2D eigenvalue weighted by atomic mass is 10.0. The van der Waals surface area contributed by atoms with Crippen LogP contribution in [0.5, 0.6) is 0 Å². The number of amides is 1. The fourth-order valence-electron chi connectivity index (χ4n) is 2.11. The molecule has 88 valence electrons. The average molecular weight is 276 g/mol. The van der Waals surface area contributed by atoms with E-state index in [2.05, 4.69) is 22.9 Å². The topological polar surface area (TPSA) is 20.3 Å². The molecule has 1 amide bonds. The van der Waals surface area contributed by atoms with Crippen LogP contribution < -0.4 is 0 Å². The van der Waals surface area contributed by atoms with Gasteiger partial charge in [-0.1, -0.05) is 35.7 Å². The van der Waals surface area contributed by atoms with E-state index in [4.69, 9.17) is 0 Å². The lowest BCUT2D eigenvalue weighted by Crippen LogP contribution is -2.29. The standard InChI is InChI=1S/C12H22BrNO/c1-10(13)7-8-14(2)12(15)9-11-5-3-4-6-11/h10-11H,3-9H2,1-2H3. The van der Waals surface area contributed by atoms with E-state index in [1.165, 1.54) is 25.7 Å². The molecule has 1 fully saturated rings. The Morgan fingerprint density at radius 2 is 2.07 bits per heavy atom. The fraction of sp³-hybridized carbons (Fsp3) is 0.917. The number of rotatable bonds is 5. The van der Waals surface area contributed by atoms with Crippen LogP contribution in [0.3, 0.4) is 0 Å². The minimum atomic E-state index is 0.329. The number of nitrogens with zero attached hydrogens (tertiary/aromatic N) is 1. The maximum Gasteiger partial charge on any atom is 0.222 e. The van der Waals surface area contributed by atoms with E-state index in [9.17, 15) is 4.79 Å². The SMILES string of the molecule is CC(Br)CCN(C)C(=O)CC1CCCC1. The van der Waals surface area contributed by atoms with Gasteiger partial charge in [0.15, 0.2) is 0 Å². The van der Waals surface area contributed by atoms with E-state index in [0.717, 1.165) is 19.4 Å². The molecule has 0 aromatic carbocycles.